The number of likely N-dealkylation sites (N-methyl/N-ethyl adjacent to an activating group) is 1. The summed E-state index contributed by atoms with van der Waals surface area (Å²) in [5.74, 6) is -0.588. The van der Waals surface area contributed by atoms with Crippen molar-refractivity contribution in [2.24, 2.45) is 5.92 Å². The van der Waals surface area contributed by atoms with E-state index in [-0.39, 0.29) is 23.2 Å². The van der Waals surface area contributed by atoms with Crippen LogP contribution in [0.15, 0.2) is 29.2 Å². The minimum atomic E-state index is -0.636. The number of carbonyl (C=O) groups is 2. The first kappa shape index (κ1) is 22.3. The Hall–Kier alpha value is -1.99. The maximum Gasteiger partial charge on any atom is 0.343 e. The molecule has 1 heterocycles. The lowest BCUT2D eigenvalue weighted by Crippen LogP contribution is -2.30. The van der Waals surface area contributed by atoms with Gasteiger partial charge in [0.15, 0.2) is 6.61 Å². The minimum absolute atomic E-state index is 0.213. The molecule has 28 heavy (non-hydrogen) atoms. The number of hydrogen-bond acceptors (Lipinski definition) is 5. The quantitative estimate of drug-likeness (QED) is 0.473. The molecule has 0 N–H and O–H groups in total. The summed E-state index contributed by atoms with van der Waals surface area (Å²) >= 11 is 7.94. The normalized spacial score (nSPS) is 11.0. The fourth-order valence-corrected chi connectivity index (χ4v) is 3.38. The first-order valence-electron chi connectivity index (χ1n) is 8.99. The second-order valence-corrected chi connectivity index (χ2v) is 8.24. The van der Waals surface area contributed by atoms with E-state index in [1.54, 1.807) is 30.4 Å². The molecular formula is C20H26ClN3O3S. The number of aryl methyl sites for hydroxylation is 1. The zero-order chi connectivity index (χ0) is 20.8. The second kappa shape index (κ2) is 9.98. The van der Waals surface area contributed by atoms with E-state index in [1.165, 1.54) is 4.90 Å². The molecule has 0 atom stereocenters. The minimum Gasteiger partial charge on any atom is -0.452 e. The van der Waals surface area contributed by atoms with Crippen LogP contribution in [0.25, 0.3) is 0 Å². The third kappa shape index (κ3) is 5.75. The van der Waals surface area contributed by atoms with Crippen molar-refractivity contribution in [3.8, 4) is 0 Å². The molecular weight excluding hydrogens is 398 g/mol. The van der Waals surface area contributed by atoms with Crippen LogP contribution in [0.1, 0.15) is 35.5 Å². The maximum absolute atomic E-state index is 12.4. The van der Waals surface area contributed by atoms with Crippen LogP contribution in [-0.2, 0) is 22.6 Å². The van der Waals surface area contributed by atoms with E-state index in [9.17, 15) is 9.59 Å². The number of aromatic nitrogens is 2. The molecule has 8 heteroatoms. The fraction of sp³-hybridized carbons (Fsp3) is 0.450. The zero-order valence-corrected chi connectivity index (χ0v) is 18.4. The summed E-state index contributed by atoms with van der Waals surface area (Å²) in [5.41, 5.74) is 1.71. The Labute approximate surface area is 175 Å². The first-order valence-corrected chi connectivity index (χ1v) is 10.6. The molecule has 0 spiro atoms. The van der Waals surface area contributed by atoms with Gasteiger partial charge in [0.1, 0.15) is 10.7 Å². The van der Waals surface area contributed by atoms with E-state index in [0.717, 1.165) is 10.5 Å². The van der Waals surface area contributed by atoms with Crippen LogP contribution in [0.3, 0.4) is 0 Å². The third-order valence-corrected chi connectivity index (χ3v) is 5.27. The Morgan fingerprint density at radius 1 is 1.29 bits per heavy atom. The molecule has 0 aliphatic carbocycles. The van der Waals surface area contributed by atoms with Gasteiger partial charge >= 0.3 is 5.97 Å². The highest BCUT2D eigenvalue weighted by Gasteiger charge is 2.23. The summed E-state index contributed by atoms with van der Waals surface area (Å²) < 4.78 is 6.78. The van der Waals surface area contributed by atoms with Crippen molar-refractivity contribution < 1.29 is 14.3 Å². The number of hydrogen-bond donors (Lipinski definition) is 0. The van der Waals surface area contributed by atoms with Gasteiger partial charge in [-0.15, -0.1) is 11.8 Å². The molecule has 1 amide bonds. The molecule has 2 rings (SSSR count). The number of amides is 1. The van der Waals surface area contributed by atoms with Crippen LogP contribution >= 0.6 is 23.4 Å². The van der Waals surface area contributed by atoms with Gasteiger partial charge in [-0.05, 0) is 36.8 Å². The highest BCUT2D eigenvalue weighted by Crippen LogP contribution is 2.22. The molecule has 0 saturated heterocycles. The number of esters is 1. The van der Waals surface area contributed by atoms with Gasteiger partial charge in [0, 0.05) is 25.0 Å². The van der Waals surface area contributed by atoms with Crippen LogP contribution in [0.4, 0.5) is 0 Å². The Bertz CT molecular complexity index is 834. The van der Waals surface area contributed by atoms with Crippen LogP contribution in [0.2, 0.25) is 5.15 Å². The molecule has 0 saturated carbocycles. The lowest BCUT2D eigenvalue weighted by Gasteiger charge is -2.17. The maximum atomic E-state index is 12.4. The average Bonchev–Trinajstić information content (AvgIpc) is 2.92. The lowest BCUT2D eigenvalue weighted by molar-refractivity contribution is -0.133. The summed E-state index contributed by atoms with van der Waals surface area (Å²) in [5, 5.41) is 4.53. The number of nitrogens with zero attached hydrogens (tertiary/aromatic N) is 3. The van der Waals surface area contributed by atoms with Crippen molar-refractivity contribution in [3.63, 3.8) is 0 Å². The largest absolute Gasteiger partial charge is 0.452 e. The van der Waals surface area contributed by atoms with Gasteiger partial charge in [0.05, 0.1) is 5.69 Å². The van der Waals surface area contributed by atoms with Crippen molar-refractivity contribution >= 4 is 35.2 Å². The Kier molecular flexibility index (Phi) is 7.95. The lowest BCUT2D eigenvalue weighted by atomic mass is 10.2. The average molecular weight is 424 g/mol. The smallest absolute Gasteiger partial charge is 0.343 e. The van der Waals surface area contributed by atoms with Crippen LogP contribution < -0.4 is 0 Å². The Morgan fingerprint density at radius 3 is 2.50 bits per heavy atom. The van der Waals surface area contributed by atoms with Gasteiger partial charge in [-0.2, -0.15) is 5.10 Å². The van der Waals surface area contributed by atoms with E-state index in [4.69, 9.17) is 16.3 Å². The number of ether oxygens (including phenoxy) is 1. The molecule has 6 nitrogen and oxygen atoms in total. The topological polar surface area (TPSA) is 64.4 Å². The van der Waals surface area contributed by atoms with Crippen LogP contribution in [0, 0.1) is 12.8 Å². The predicted octanol–water partition coefficient (Wildman–Crippen LogP) is 4.04. The molecule has 0 fully saturated rings. The predicted molar refractivity (Wildman–Crippen MR) is 112 cm³/mol. The van der Waals surface area contributed by atoms with Gasteiger partial charge in [0.25, 0.3) is 5.91 Å². The van der Waals surface area contributed by atoms with Crippen molar-refractivity contribution in [1.82, 2.24) is 14.7 Å². The third-order valence-electron chi connectivity index (χ3n) is 4.14. The second-order valence-electron chi connectivity index (χ2n) is 7.00. The summed E-state index contributed by atoms with van der Waals surface area (Å²) in [6.07, 6.45) is 2.01. The van der Waals surface area contributed by atoms with Gasteiger partial charge in [-0.1, -0.05) is 37.6 Å². The van der Waals surface area contributed by atoms with Crippen molar-refractivity contribution in [1.29, 1.82) is 0 Å². The van der Waals surface area contributed by atoms with Crippen molar-refractivity contribution in [2.45, 2.75) is 38.8 Å². The van der Waals surface area contributed by atoms with Crippen LogP contribution in [-0.4, -0.2) is 46.5 Å². The molecule has 1 aromatic heterocycles. The first-order chi connectivity index (χ1) is 13.2. The van der Waals surface area contributed by atoms with Crippen LogP contribution in [0.5, 0.6) is 0 Å². The molecule has 0 bridgehead atoms. The highest BCUT2D eigenvalue weighted by atomic mass is 35.5. The highest BCUT2D eigenvalue weighted by molar-refractivity contribution is 7.98. The fourth-order valence-electron chi connectivity index (χ4n) is 2.65. The van der Waals surface area contributed by atoms with E-state index in [2.05, 4.69) is 5.10 Å². The summed E-state index contributed by atoms with van der Waals surface area (Å²) in [6.45, 7) is 6.47. The Morgan fingerprint density at radius 2 is 1.93 bits per heavy atom. The van der Waals surface area contributed by atoms with Crippen molar-refractivity contribution in [3.05, 3.63) is 46.2 Å². The van der Waals surface area contributed by atoms with E-state index in [0.29, 0.717) is 24.7 Å². The van der Waals surface area contributed by atoms with E-state index in [1.807, 2.05) is 44.4 Å². The number of halogens is 1. The number of rotatable bonds is 8. The monoisotopic (exact) mass is 423 g/mol. The molecule has 1 aromatic carbocycles. The summed E-state index contributed by atoms with van der Waals surface area (Å²) in [6, 6.07) is 7.98. The van der Waals surface area contributed by atoms with E-state index >= 15 is 0 Å². The standard InChI is InChI=1S/C20H26ClN3O3S/c1-13(2)10-24-19(21)18(14(3)22-24)20(26)27-12-17(25)23(4)11-15-6-8-16(28-5)9-7-15/h6-9,13H,10-12H2,1-5H3. The molecule has 0 unspecified atom stereocenters. The van der Waals surface area contributed by atoms with Gasteiger partial charge in [-0.3, -0.25) is 9.48 Å². The van der Waals surface area contributed by atoms with Gasteiger partial charge in [0.2, 0.25) is 0 Å². The Balaban J connectivity index is 1.94. The van der Waals surface area contributed by atoms with Gasteiger partial charge < -0.3 is 9.64 Å². The molecule has 0 aliphatic rings. The number of thioether (sulfide) groups is 1. The SMILES string of the molecule is CSc1ccc(CN(C)C(=O)COC(=O)c2c(C)nn(CC(C)C)c2Cl)cc1. The molecule has 2 aromatic rings. The number of benzene rings is 1. The summed E-state index contributed by atoms with van der Waals surface area (Å²) in [4.78, 5) is 27.4. The zero-order valence-electron chi connectivity index (χ0n) is 16.9. The molecule has 0 radical (unpaired) electrons. The van der Waals surface area contributed by atoms with E-state index < -0.39 is 5.97 Å². The molecule has 0 aliphatic heterocycles. The van der Waals surface area contributed by atoms with Gasteiger partial charge in [-0.25, -0.2) is 4.79 Å². The van der Waals surface area contributed by atoms with Crippen molar-refractivity contribution in [2.75, 3.05) is 19.9 Å². The molecule has 152 valence electrons. The summed E-state index contributed by atoms with van der Waals surface area (Å²) in [7, 11) is 1.68. The number of carbonyl (C=O) groups excluding carboxylic acids is 2.